The van der Waals surface area contributed by atoms with Gasteiger partial charge in [0, 0.05) is 0 Å². The summed E-state index contributed by atoms with van der Waals surface area (Å²) in [6, 6.07) is 0.357. The van der Waals surface area contributed by atoms with Gasteiger partial charge in [-0.15, -0.1) is 0 Å². The summed E-state index contributed by atoms with van der Waals surface area (Å²) in [5.74, 6) is 0. The van der Waals surface area contributed by atoms with Crippen molar-refractivity contribution in [2.24, 2.45) is 0 Å². The van der Waals surface area contributed by atoms with Crippen molar-refractivity contribution in [1.29, 1.82) is 0 Å². The van der Waals surface area contributed by atoms with E-state index in [1.165, 1.54) is 0 Å². The van der Waals surface area contributed by atoms with Crippen LogP contribution in [0.1, 0.15) is 12.8 Å². The van der Waals surface area contributed by atoms with Crippen molar-refractivity contribution in [2.75, 3.05) is 47.3 Å². The van der Waals surface area contributed by atoms with Gasteiger partial charge in [-0.05, 0) is 0 Å². The summed E-state index contributed by atoms with van der Waals surface area (Å²) in [5, 5.41) is 0. The molecule has 0 saturated heterocycles. The van der Waals surface area contributed by atoms with E-state index in [4.69, 9.17) is 11.6 Å². The molecular formula is C11H28ClF3N2OSn. The standard InChI is InChI=1S/C6H14ClN.C5H12N.3FH.H2O.Sn/c1-4-5-8(2,3)6-7;1-4-5-6(2)3;;;;;/h1,4-6H2,2-3H3;1,4-5H2,2-3H3;3*1H;1H2;/q+1;;;;;;+2/p-3. The molecule has 19 heavy (non-hydrogen) atoms. The third kappa shape index (κ3) is 12.2. The molecule has 0 atom stereocenters. The fourth-order valence-electron chi connectivity index (χ4n) is 1.74. The van der Waals surface area contributed by atoms with Gasteiger partial charge in [-0.1, -0.05) is 0 Å². The van der Waals surface area contributed by atoms with Gasteiger partial charge in [-0.2, -0.15) is 0 Å². The Morgan fingerprint density at radius 2 is 1.53 bits per heavy atom. The van der Waals surface area contributed by atoms with E-state index >= 15 is 0 Å². The van der Waals surface area contributed by atoms with Crippen molar-refractivity contribution >= 4 is 30.3 Å². The van der Waals surface area contributed by atoms with Crippen LogP contribution in [0.15, 0.2) is 0 Å². The van der Waals surface area contributed by atoms with Crippen LogP contribution in [0.25, 0.3) is 0 Å². The van der Waals surface area contributed by atoms with E-state index in [-0.39, 0.29) is 18.3 Å². The molecule has 0 aliphatic heterocycles. The molecule has 0 saturated carbocycles. The maximum Gasteiger partial charge on any atom is -0.412 e. The van der Waals surface area contributed by atoms with Gasteiger partial charge in [0.2, 0.25) is 0 Å². The second-order valence-electron chi connectivity index (χ2n) is 6.06. The number of hydrogen-bond acceptors (Lipinski definition) is 1. The molecule has 0 aliphatic carbocycles. The van der Waals surface area contributed by atoms with Crippen molar-refractivity contribution in [3.63, 3.8) is 0 Å². The molecule has 0 unspecified atom stereocenters. The van der Waals surface area contributed by atoms with Crippen LogP contribution in [0.2, 0.25) is 8.87 Å². The topological polar surface area (TPSA) is 34.7 Å². The quantitative estimate of drug-likeness (QED) is 0.247. The van der Waals surface area contributed by atoms with Crippen LogP contribution in [0.5, 0.6) is 0 Å². The molecule has 0 aromatic carbocycles. The van der Waals surface area contributed by atoms with Crippen molar-refractivity contribution < 1.29 is 18.6 Å². The van der Waals surface area contributed by atoms with E-state index in [9.17, 15) is 8.60 Å². The van der Waals surface area contributed by atoms with Crippen molar-refractivity contribution in [3.8, 4) is 0 Å². The zero-order valence-electron chi connectivity index (χ0n) is 12.4. The van der Waals surface area contributed by atoms with E-state index in [1.54, 1.807) is 19.0 Å². The molecule has 0 spiro atoms. The summed E-state index contributed by atoms with van der Waals surface area (Å²) < 4.78 is 40.6. The van der Waals surface area contributed by atoms with E-state index in [0.29, 0.717) is 23.6 Å². The summed E-state index contributed by atoms with van der Waals surface area (Å²) in [6.07, 6.45) is 0.464. The van der Waals surface area contributed by atoms with E-state index in [1.807, 2.05) is 14.1 Å². The van der Waals surface area contributed by atoms with Crippen LogP contribution in [0.3, 0.4) is 0 Å². The first-order chi connectivity index (χ1) is 7.95. The molecule has 120 valence electrons. The van der Waals surface area contributed by atoms with Crippen molar-refractivity contribution in [2.45, 2.75) is 21.7 Å². The number of rotatable bonds is 9. The summed E-state index contributed by atoms with van der Waals surface area (Å²) in [7, 11) is 7.33. The maximum atomic E-state index is 13.7. The monoisotopic (exact) mass is 416 g/mol. The minimum absolute atomic E-state index is 0. The number of hydrogen-bond donors (Lipinski definition) is 0. The Bertz CT molecular complexity index is 260. The first-order valence-corrected chi connectivity index (χ1v) is 14.1. The Labute approximate surface area is 122 Å². The average Bonchev–Trinajstić information content (AvgIpc) is 2.15. The molecule has 2 N–H and O–H groups in total. The average molecular weight is 416 g/mol. The molecule has 8 heteroatoms. The maximum absolute atomic E-state index is 13.7. The van der Waals surface area contributed by atoms with E-state index in [0.717, 1.165) is 0 Å². The van der Waals surface area contributed by atoms with Gasteiger partial charge in [-0.25, -0.2) is 0 Å². The molecule has 3 nitrogen and oxygen atoms in total. The van der Waals surface area contributed by atoms with Crippen LogP contribution in [0.4, 0.5) is 8.60 Å². The van der Waals surface area contributed by atoms with Crippen LogP contribution >= 0.6 is 11.6 Å². The predicted molar refractivity (Wildman–Crippen MR) is 77.8 cm³/mol. The molecule has 0 aliphatic rings. The van der Waals surface area contributed by atoms with Gasteiger partial charge in [0.15, 0.2) is 0 Å². The normalized spacial score (nSPS) is 14.9. The first-order valence-electron chi connectivity index (χ1n) is 6.28. The minimum Gasteiger partial charge on any atom is -0.412 e. The minimum atomic E-state index is -6.83. The Kier molecular flexibility index (Phi) is 9.59. The molecule has 0 radical (unpaired) electrons. The zero-order chi connectivity index (χ0) is 14.5. The summed E-state index contributed by atoms with van der Waals surface area (Å²) in [5.41, 5.74) is 0. The van der Waals surface area contributed by atoms with Crippen LogP contribution in [0, 0.1) is 0 Å². The van der Waals surface area contributed by atoms with E-state index in [2.05, 4.69) is 0 Å². The number of halogens is 4. The van der Waals surface area contributed by atoms with Crippen LogP contribution < -0.4 is 0 Å². The second kappa shape index (κ2) is 8.26. The van der Waals surface area contributed by atoms with Gasteiger partial charge < -0.3 is 5.48 Å². The number of nitrogens with zero attached hydrogens (tertiary/aromatic N) is 2. The van der Waals surface area contributed by atoms with Crippen molar-refractivity contribution in [3.05, 3.63) is 0 Å². The van der Waals surface area contributed by atoms with Gasteiger partial charge >= 0.3 is 117 Å². The Hall–Kier alpha value is 0.759. The summed E-state index contributed by atoms with van der Waals surface area (Å²) in [4.78, 5) is 1.80. The molecule has 0 amide bonds. The smallest absolute Gasteiger partial charge is 0.412 e. The Morgan fingerprint density at radius 3 is 1.95 bits per heavy atom. The molecule has 0 heterocycles. The van der Waals surface area contributed by atoms with E-state index < -0.39 is 27.6 Å². The largest absolute Gasteiger partial charge is 0.412 e. The van der Waals surface area contributed by atoms with Gasteiger partial charge in [-0.3, -0.25) is 0 Å². The van der Waals surface area contributed by atoms with Gasteiger partial charge in [0.05, 0.1) is 0 Å². The third-order valence-electron chi connectivity index (χ3n) is 2.97. The molecule has 0 aromatic rings. The van der Waals surface area contributed by atoms with Crippen LogP contribution in [-0.4, -0.2) is 80.9 Å². The Morgan fingerprint density at radius 1 is 1.05 bits per heavy atom. The van der Waals surface area contributed by atoms with Crippen LogP contribution in [-0.2, 0) is 0 Å². The molecule has 0 rings (SSSR count). The zero-order valence-corrected chi connectivity index (χ0v) is 16.0. The number of quaternary nitrogens is 1. The second-order valence-corrected chi connectivity index (χ2v) is 16.4. The number of alkyl halides is 1. The fourth-order valence-corrected chi connectivity index (χ4v) is 7.19. The van der Waals surface area contributed by atoms with Gasteiger partial charge in [0.25, 0.3) is 0 Å². The summed E-state index contributed by atoms with van der Waals surface area (Å²) in [6.45, 7) is 1.02. The SMILES string of the molecule is CN(C)CC[CH2][Sn-]([F])([F])([F])[CH2]CC[N+](C)(C)CCl.O. The summed E-state index contributed by atoms with van der Waals surface area (Å²) >= 11 is -1.13. The molecular weight excluding hydrogens is 387 g/mol. The molecule has 0 aromatic heterocycles. The predicted octanol–water partition coefficient (Wildman–Crippen LogP) is 2.58. The molecule has 0 bridgehead atoms. The Balaban J connectivity index is 0. The fraction of sp³-hybridized carbons (Fsp3) is 1.00. The van der Waals surface area contributed by atoms with Gasteiger partial charge in [0.1, 0.15) is 0 Å². The third-order valence-corrected chi connectivity index (χ3v) is 10.9. The first kappa shape index (κ1) is 22.0. The molecule has 0 fully saturated rings. The van der Waals surface area contributed by atoms with Crippen molar-refractivity contribution in [1.82, 2.24) is 4.90 Å².